The summed E-state index contributed by atoms with van der Waals surface area (Å²) in [6.07, 6.45) is 7.92. The predicted octanol–water partition coefficient (Wildman–Crippen LogP) is 2.07. The van der Waals surface area contributed by atoms with Gasteiger partial charge in [-0.05, 0) is 19.8 Å². The first-order valence-electron chi connectivity index (χ1n) is 5.21. The summed E-state index contributed by atoms with van der Waals surface area (Å²) >= 11 is 0. The Bertz CT molecular complexity index is 116. The molecule has 1 saturated carbocycles. The summed E-state index contributed by atoms with van der Waals surface area (Å²) in [5, 5.41) is 0. The number of ether oxygens (including phenoxy) is 1. The van der Waals surface area contributed by atoms with E-state index in [4.69, 9.17) is 10.5 Å². The molecule has 0 unspecified atom stereocenters. The third-order valence-electron chi connectivity index (χ3n) is 2.63. The molecule has 0 aliphatic heterocycles. The molecule has 0 aromatic rings. The molecular weight excluding hydrogens is 150 g/mol. The van der Waals surface area contributed by atoms with Gasteiger partial charge >= 0.3 is 0 Å². The molecule has 0 aromatic carbocycles. The van der Waals surface area contributed by atoms with Crippen molar-refractivity contribution in [3.05, 3.63) is 0 Å². The Morgan fingerprint density at radius 1 is 1.17 bits per heavy atom. The highest BCUT2D eigenvalue weighted by molar-refractivity contribution is 4.75. The second-order valence-corrected chi connectivity index (χ2v) is 3.65. The molecule has 0 spiro atoms. The van der Waals surface area contributed by atoms with Gasteiger partial charge in [0.2, 0.25) is 0 Å². The maximum Gasteiger partial charge on any atom is 0.0725 e. The number of hydrogen-bond acceptors (Lipinski definition) is 2. The van der Waals surface area contributed by atoms with Crippen LogP contribution in [0.15, 0.2) is 0 Å². The van der Waals surface area contributed by atoms with Crippen molar-refractivity contribution in [1.29, 1.82) is 0 Å². The Labute approximate surface area is 75.5 Å². The van der Waals surface area contributed by atoms with Crippen molar-refractivity contribution < 1.29 is 4.74 Å². The van der Waals surface area contributed by atoms with E-state index >= 15 is 0 Å². The lowest BCUT2D eigenvalue weighted by Crippen LogP contribution is -2.37. The van der Waals surface area contributed by atoms with E-state index < -0.39 is 0 Å². The molecule has 2 N–H and O–H groups in total. The maximum absolute atomic E-state index is 6.01. The first-order valence-corrected chi connectivity index (χ1v) is 5.21. The van der Waals surface area contributed by atoms with Gasteiger partial charge in [-0.2, -0.15) is 0 Å². The van der Waals surface area contributed by atoms with E-state index in [-0.39, 0.29) is 6.04 Å². The van der Waals surface area contributed by atoms with E-state index in [2.05, 4.69) is 0 Å². The Morgan fingerprint density at radius 2 is 1.83 bits per heavy atom. The fourth-order valence-corrected chi connectivity index (χ4v) is 1.90. The van der Waals surface area contributed by atoms with E-state index in [1.54, 1.807) is 0 Å². The van der Waals surface area contributed by atoms with Gasteiger partial charge in [-0.1, -0.05) is 25.7 Å². The molecule has 0 radical (unpaired) electrons. The predicted molar refractivity (Wildman–Crippen MR) is 51.1 cm³/mol. The molecule has 2 heteroatoms. The third kappa shape index (κ3) is 3.11. The second-order valence-electron chi connectivity index (χ2n) is 3.65. The Hall–Kier alpha value is -0.0800. The van der Waals surface area contributed by atoms with Crippen LogP contribution in [0.1, 0.15) is 45.4 Å². The van der Waals surface area contributed by atoms with Crippen molar-refractivity contribution in [2.75, 3.05) is 6.61 Å². The quantitative estimate of drug-likeness (QED) is 0.690. The standard InChI is InChI=1S/C10H21NO/c1-2-12-10-8-6-4-3-5-7-9(10)11/h9-10H,2-8,11H2,1H3/t9-,10+/m0/s1. The van der Waals surface area contributed by atoms with Gasteiger partial charge in [0.25, 0.3) is 0 Å². The van der Waals surface area contributed by atoms with Crippen LogP contribution in [-0.2, 0) is 4.74 Å². The molecule has 0 aromatic heterocycles. The summed E-state index contributed by atoms with van der Waals surface area (Å²) < 4.78 is 5.61. The highest BCUT2D eigenvalue weighted by atomic mass is 16.5. The number of hydrogen-bond donors (Lipinski definition) is 1. The lowest BCUT2D eigenvalue weighted by Gasteiger charge is -2.25. The van der Waals surface area contributed by atoms with Crippen molar-refractivity contribution in [2.45, 2.75) is 57.6 Å². The van der Waals surface area contributed by atoms with Gasteiger partial charge in [0.05, 0.1) is 6.10 Å². The van der Waals surface area contributed by atoms with Crippen molar-refractivity contribution in [2.24, 2.45) is 5.73 Å². The van der Waals surface area contributed by atoms with Crippen LogP contribution in [0.25, 0.3) is 0 Å². The topological polar surface area (TPSA) is 35.2 Å². The fourth-order valence-electron chi connectivity index (χ4n) is 1.90. The van der Waals surface area contributed by atoms with Crippen LogP contribution in [0.5, 0.6) is 0 Å². The zero-order valence-corrected chi connectivity index (χ0v) is 8.09. The van der Waals surface area contributed by atoms with Crippen LogP contribution < -0.4 is 5.73 Å². The summed E-state index contributed by atoms with van der Waals surface area (Å²) in [4.78, 5) is 0. The monoisotopic (exact) mass is 171 g/mol. The van der Waals surface area contributed by atoms with Crippen LogP contribution in [0.4, 0.5) is 0 Å². The first-order chi connectivity index (χ1) is 5.84. The number of rotatable bonds is 2. The smallest absolute Gasteiger partial charge is 0.0725 e. The Kier molecular flexibility index (Phi) is 4.62. The molecular formula is C10H21NO. The Morgan fingerprint density at radius 3 is 2.50 bits per heavy atom. The van der Waals surface area contributed by atoms with Gasteiger partial charge in [0, 0.05) is 12.6 Å². The third-order valence-corrected chi connectivity index (χ3v) is 2.63. The molecule has 0 bridgehead atoms. The zero-order chi connectivity index (χ0) is 8.81. The molecule has 1 fully saturated rings. The molecule has 1 aliphatic rings. The minimum atomic E-state index is 0.283. The van der Waals surface area contributed by atoms with Crippen molar-refractivity contribution in [3.63, 3.8) is 0 Å². The van der Waals surface area contributed by atoms with E-state index in [1.807, 2.05) is 6.92 Å². The van der Waals surface area contributed by atoms with E-state index in [9.17, 15) is 0 Å². The summed E-state index contributed by atoms with van der Waals surface area (Å²) in [6.45, 7) is 2.85. The lowest BCUT2D eigenvalue weighted by molar-refractivity contribution is 0.0310. The lowest BCUT2D eigenvalue weighted by atomic mass is 9.95. The van der Waals surface area contributed by atoms with Crippen LogP contribution in [0.2, 0.25) is 0 Å². The van der Waals surface area contributed by atoms with E-state index in [1.165, 1.54) is 25.7 Å². The molecule has 0 amide bonds. The SMILES string of the molecule is CCO[C@@H]1CCCCCC[C@@H]1N. The molecule has 0 heterocycles. The minimum Gasteiger partial charge on any atom is -0.377 e. The van der Waals surface area contributed by atoms with E-state index in [0.717, 1.165) is 19.4 Å². The van der Waals surface area contributed by atoms with Crippen molar-refractivity contribution in [3.8, 4) is 0 Å². The Balaban J connectivity index is 2.32. The van der Waals surface area contributed by atoms with Gasteiger partial charge in [-0.15, -0.1) is 0 Å². The highest BCUT2D eigenvalue weighted by Crippen LogP contribution is 2.18. The molecule has 1 rings (SSSR count). The average molecular weight is 171 g/mol. The van der Waals surface area contributed by atoms with Gasteiger partial charge in [0.15, 0.2) is 0 Å². The van der Waals surface area contributed by atoms with E-state index in [0.29, 0.717) is 6.10 Å². The normalized spacial score (nSPS) is 32.5. The number of nitrogens with two attached hydrogens (primary N) is 1. The molecule has 12 heavy (non-hydrogen) atoms. The van der Waals surface area contributed by atoms with Crippen molar-refractivity contribution in [1.82, 2.24) is 0 Å². The van der Waals surface area contributed by atoms with Crippen LogP contribution >= 0.6 is 0 Å². The minimum absolute atomic E-state index is 0.283. The molecule has 1 aliphatic carbocycles. The molecule has 0 saturated heterocycles. The summed E-state index contributed by atoms with van der Waals surface area (Å²) in [5.74, 6) is 0. The van der Waals surface area contributed by atoms with Gasteiger partial charge in [0.1, 0.15) is 0 Å². The van der Waals surface area contributed by atoms with Crippen LogP contribution in [-0.4, -0.2) is 18.8 Å². The zero-order valence-electron chi connectivity index (χ0n) is 8.09. The fraction of sp³-hybridized carbons (Fsp3) is 1.00. The summed E-state index contributed by atoms with van der Waals surface area (Å²) in [7, 11) is 0. The molecule has 2 atom stereocenters. The van der Waals surface area contributed by atoms with Crippen LogP contribution in [0.3, 0.4) is 0 Å². The van der Waals surface area contributed by atoms with Gasteiger partial charge in [-0.25, -0.2) is 0 Å². The maximum atomic E-state index is 6.01. The summed E-state index contributed by atoms with van der Waals surface area (Å²) in [6, 6.07) is 0.283. The first kappa shape index (κ1) is 10.0. The highest BCUT2D eigenvalue weighted by Gasteiger charge is 2.18. The van der Waals surface area contributed by atoms with Crippen LogP contribution in [0, 0.1) is 0 Å². The van der Waals surface area contributed by atoms with Crippen molar-refractivity contribution >= 4 is 0 Å². The van der Waals surface area contributed by atoms with Gasteiger partial charge in [-0.3, -0.25) is 0 Å². The molecule has 72 valence electrons. The summed E-state index contributed by atoms with van der Waals surface area (Å²) in [5.41, 5.74) is 6.01. The molecule has 2 nitrogen and oxygen atoms in total. The average Bonchev–Trinajstić information content (AvgIpc) is 2.05. The largest absolute Gasteiger partial charge is 0.377 e. The van der Waals surface area contributed by atoms with Gasteiger partial charge < -0.3 is 10.5 Å². The second kappa shape index (κ2) is 5.55.